The first-order valence-corrected chi connectivity index (χ1v) is 7.87. The molecular weight excluding hydrogens is 258 g/mol. The zero-order valence-electron chi connectivity index (χ0n) is 13.0. The van der Waals surface area contributed by atoms with Gasteiger partial charge < -0.3 is 10.1 Å². The van der Waals surface area contributed by atoms with Gasteiger partial charge in [0.15, 0.2) is 0 Å². The average Bonchev–Trinajstić information content (AvgIpc) is 2.54. The van der Waals surface area contributed by atoms with Crippen molar-refractivity contribution in [1.29, 1.82) is 0 Å². The zero-order chi connectivity index (χ0) is 14.9. The molecule has 0 amide bonds. The number of benzene rings is 2. The molecule has 0 aliphatic carbocycles. The minimum atomic E-state index is 0.365. The monoisotopic (exact) mass is 283 g/mol. The lowest BCUT2D eigenvalue weighted by Gasteiger charge is -2.20. The van der Waals surface area contributed by atoms with E-state index < -0.39 is 0 Å². The molecule has 0 saturated carbocycles. The molecule has 2 heteroatoms. The molecular formula is C19H25NO. The van der Waals surface area contributed by atoms with Crippen LogP contribution in [-0.2, 0) is 0 Å². The van der Waals surface area contributed by atoms with Crippen molar-refractivity contribution in [2.75, 3.05) is 11.9 Å². The van der Waals surface area contributed by atoms with Gasteiger partial charge in [0.2, 0.25) is 0 Å². The molecule has 0 radical (unpaired) electrons. The molecule has 1 atom stereocenters. The van der Waals surface area contributed by atoms with Gasteiger partial charge in [-0.05, 0) is 43.2 Å². The van der Waals surface area contributed by atoms with Gasteiger partial charge in [-0.2, -0.15) is 0 Å². The highest BCUT2D eigenvalue weighted by atomic mass is 16.5. The van der Waals surface area contributed by atoms with Crippen molar-refractivity contribution >= 4 is 5.69 Å². The molecule has 2 aromatic rings. The highest BCUT2D eigenvalue weighted by Gasteiger charge is 2.10. The zero-order valence-corrected chi connectivity index (χ0v) is 13.0. The van der Waals surface area contributed by atoms with Crippen LogP contribution in [0.1, 0.15) is 44.7 Å². The molecule has 21 heavy (non-hydrogen) atoms. The number of ether oxygens (including phenoxy) is 1. The van der Waals surface area contributed by atoms with Crippen molar-refractivity contribution < 1.29 is 4.74 Å². The Morgan fingerprint density at radius 1 is 0.952 bits per heavy atom. The fourth-order valence-corrected chi connectivity index (χ4v) is 2.43. The van der Waals surface area contributed by atoms with Gasteiger partial charge in [0.1, 0.15) is 5.75 Å². The first kappa shape index (κ1) is 15.4. The number of anilines is 1. The van der Waals surface area contributed by atoms with Crippen molar-refractivity contribution in [2.45, 2.75) is 39.2 Å². The third-order valence-corrected chi connectivity index (χ3v) is 3.55. The third kappa shape index (κ3) is 4.82. The number of nitrogens with one attached hydrogen (secondary N) is 1. The summed E-state index contributed by atoms with van der Waals surface area (Å²) in [7, 11) is 0. The first-order chi connectivity index (χ1) is 10.3. The number of hydrogen-bond donors (Lipinski definition) is 1. The Labute approximate surface area is 128 Å². The standard InChI is InChI=1S/C19H25NO/c1-3-5-11-19(16-9-7-6-8-10-16)20-17-12-14-18(15-13-17)21-4-2/h6-10,12-15,19-20H,3-5,11H2,1-2H3. The molecule has 0 aliphatic rings. The van der Waals surface area contributed by atoms with Gasteiger partial charge in [0.05, 0.1) is 12.6 Å². The summed E-state index contributed by atoms with van der Waals surface area (Å²) >= 11 is 0. The first-order valence-electron chi connectivity index (χ1n) is 7.87. The minimum absolute atomic E-state index is 0.365. The molecule has 1 N–H and O–H groups in total. The smallest absolute Gasteiger partial charge is 0.119 e. The molecule has 2 nitrogen and oxygen atoms in total. The van der Waals surface area contributed by atoms with Gasteiger partial charge in [0, 0.05) is 5.69 Å². The molecule has 112 valence electrons. The fraction of sp³-hybridized carbons (Fsp3) is 0.368. The van der Waals surface area contributed by atoms with Gasteiger partial charge in [-0.1, -0.05) is 50.1 Å². The summed E-state index contributed by atoms with van der Waals surface area (Å²) in [6.45, 7) is 4.94. The van der Waals surface area contributed by atoms with Gasteiger partial charge >= 0.3 is 0 Å². The van der Waals surface area contributed by atoms with Crippen LogP contribution in [0.3, 0.4) is 0 Å². The van der Waals surface area contributed by atoms with Crippen LogP contribution in [-0.4, -0.2) is 6.61 Å². The maximum Gasteiger partial charge on any atom is 0.119 e. The van der Waals surface area contributed by atoms with Crippen LogP contribution in [0.25, 0.3) is 0 Å². The molecule has 0 saturated heterocycles. The van der Waals surface area contributed by atoms with E-state index in [0.717, 1.165) is 17.9 Å². The van der Waals surface area contributed by atoms with E-state index in [1.165, 1.54) is 18.4 Å². The van der Waals surface area contributed by atoms with E-state index in [1.54, 1.807) is 0 Å². The van der Waals surface area contributed by atoms with Crippen LogP contribution >= 0.6 is 0 Å². The van der Waals surface area contributed by atoms with Crippen LogP contribution in [0.15, 0.2) is 54.6 Å². The van der Waals surface area contributed by atoms with Gasteiger partial charge in [-0.15, -0.1) is 0 Å². The Bertz CT molecular complexity index is 507. The number of rotatable bonds is 8. The lowest BCUT2D eigenvalue weighted by Crippen LogP contribution is -2.10. The lowest BCUT2D eigenvalue weighted by atomic mass is 10.0. The maximum absolute atomic E-state index is 5.49. The normalized spacial score (nSPS) is 11.9. The second-order valence-corrected chi connectivity index (χ2v) is 5.21. The quantitative estimate of drug-likeness (QED) is 0.697. The second-order valence-electron chi connectivity index (χ2n) is 5.21. The predicted molar refractivity (Wildman–Crippen MR) is 89.9 cm³/mol. The van der Waals surface area contributed by atoms with Crippen LogP contribution in [0.4, 0.5) is 5.69 Å². The molecule has 0 heterocycles. The Hall–Kier alpha value is -1.96. The molecule has 2 aromatic carbocycles. The van der Waals surface area contributed by atoms with Gasteiger partial charge in [-0.3, -0.25) is 0 Å². The molecule has 0 fully saturated rings. The number of hydrogen-bond acceptors (Lipinski definition) is 2. The average molecular weight is 283 g/mol. The van der Waals surface area contributed by atoms with E-state index in [1.807, 2.05) is 19.1 Å². The van der Waals surface area contributed by atoms with Crippen LogP contribution in [0.5, 0.6) is 5.75 Å². The van der Waals surface area contributed by atoms with Crippen LogP contribution in [0, 0.1) is 0 Å². The van der Waals surface area contributed by atoms with E-state index in [9.17, 15) is 0 Å². The molecule has 2 rings (SSSR count). The van der Waals surface area contributed by atoms with E-state index in [-0.39, 0.29) is 0 Å². The van der Waals surface area contributed by atoms with E-state index in [0.29, 0.717) is 12.6 Å². The molecule has 0 aromatic heterocycles. The summed E-state index contributed by atoms with van der Waals surface area (Å²) < 4.78 is 5.49. The third-order valence-electron chi connectivity index (χ3n) is 3.55. The second kappa shape index (κ2) is 8.35. The summed E-state index contributed by atoms with van der Waals surface area (Å²) in [5, 5.41) is 3.64. The van der Waals surface area contributed by atoms with Crippen molar-refractivity contribution in [3.63, 3.8) is 0 Å². The van der Waals surface area contributed by atoms with Crippen LogP contribution < -0.4 is 10.1 Å². The lowest BCUT2D eigenvalue weighted by molar-refractivity contribution is 0.340. The van der Waals surface area contributed by atoms with Crippen LogP contribution in [0.2, 0.25) is 0 Å². The number of unbranched alkanes of at least 4 members (excludes halogenated alkanes) is 1. The minimum Gasteiger partial charge on any atom is -0.494 e. The fourth-order valence-electron chi connectivity index (χ4n) is 2.43. The SMILES string of the molecule is CCCCC(Nc1ccc(OCC)cc1)c1ccccc1. The topological polar surface area (TPSA) is 21.3 Å². The Balaban J connectivity index is 2.07. The summed E-state index contributed by atoms with van der Waals surface area (Å²) in [5.41, 5.74) is 2.49. The molecule has 1 unspecified atom stereocenters. The molecule has 0 bridgehead atoms. The molecule has 0 aliphatic heterocycles. The summed E-state index contributed by atoms with van der Waals surface area (Å²) in [4.78, 5) is 0. The highest BCUT2D eigenvalue weighted by molar-refractivity contribution is 5.48. The van der Waals surface area contributed by atoms with Crippen molar-refractivity contribution in [3.05, 3.63) is 60.2 Å². The van der Waals surface area contributed by atoms with E-state index in [2.05, 4.69) is 54.7 Å². The highest BCUT2D eigenvalue weighted by Crippen LogP contribution is 2.25. The predicted octanol–water partition coefficient (Wildman–Crippen LogP) is 5.43. The van der Waals surface area contributed by atoms with E-state index >= 15 is 0 Å². The summed E-state index contributed by atoms with van der Waals surface area (Å²) in [6.07, 6.45) is 3.59. The van der Waals surface area contributed by atoms with Crippen molar-refractivity contribution in [2.24, 2.45) is 0 Å². The van der Waals surface area contributed by atoms with Gasteiger partial charge in [0.25, 0.3) is 0 Å². The maximum atomic E-state index is 5.49. The Morgan fingerprint density at radius 2 is 1.67 bits per heavy atom. The van der Waals surface area contributed by atoms with Gasteiger partial charge in [-0.25, -0.2) is 0 Å². The Morgan fingerprint density at radius 3 is 2.29 bits per heavy atom. The van der Waals surface area contributed by atoms with Crippen molar-refractivity contribution in [1.82, 2.24) is 0 Å². The van der Waals surface area contributed by atoms with E-state index in [4.69, 9.17) is 4.74 Å². The van der Waals surface area contributed by atoms with Crippen molar-refractivity contribution in [3.8, 4) is 5.75 Å². The largest absolute Gasteiger partial charge is 0.494 e. The summed E-state index contributed by atoms with van der Waals surface area (Å²) in [5.74, 6) is 0.924. The Kier molecular flexibility index (Phi) is 6.14. The molecule has 0 spiro atoms. The summed E-state index contributed by atoms with van der Waals surface area (Å²) in [6, 6.07) is 19.3.